The van der Waals surface area contributed by atoms with E-state index in [0.717, 1.165) is 23.6 Å². The van der Waals surface area contributed by atoms with Crippen molar-refractivity contribution in [2.75, 3.05) is 43.2 Å². The fraction of sp³-hybridized carbons (Fsp3) is 0.391. The minimum atomic E-state index is -0.675. The number of amides is 1. The van der Waals surface area contributed by atoms with Gasteiger partial charge in [-0.25, -0.2) is 30.4 Å². The molecule has 0 bridgehead atoms. The van der Waals surface area contributed by atoms with E-state index in [1.165, 1.54) is 18.6 Å². The third-order valence-electron chi connectivity index (χ3n) is 5.78. The maximum atomic E-state index is 11.5. The molecule has 4 N–H and O–H groups in total. The van der Waals surface area contributed by atoms with E-state index in [0.29, 0.717) is 55.8 Å². The molecule has 0 aromatic carbocycles. The van der Waals surface area contributed by atoms with Crippen LogP contribution < -0.4 is 21.0 Å². The highest BCUT2D eigenvalue weighted by Gasteiger charge is 2.23. The monoisotopic (exact) mass is 494 g/mol. The van der Waals surface area contributed by atoms with Crippen molar-refractivity contribution in [3.8, 4) is 0 Å². The second-order valence-electron chi connectivity index (χ2n) is 8.23. The van der Waals surface area contributed by atoms with E-state index in [2.05, 4.69) is 21.8 Å². The number of carbonyl (C=O) groups excluding carboxylic acids is 1. The molecule has 13 heteroatoms. The summed E-state index contributed by atoms with van der Waals surface area (Å²) in [6.45, 7) is 5.08. The summed E-state index contributed by atoms with van der Waals surface area (Å²) in [5.41, 5.74) is 9.66. The predicted octanol–water partition coefficient (Wildman–Crippen LogP) is 1.01. The van der Waals surface area contributed by atoms with Gasteiger partial charge in [0.25, 0.3) is 5.91 Å². The van der Waals surface area contributed by atoms with Crippen molar-refractivity contribution >= 4 is 34.4 Å². The summed E-state index contributed by atoms with van der Waals surface area (Å²) >= 11 is 0. The molecule has 13 nitrogen and oxygen atoms in total. The van der Waals surface area contributed by atoms with Crippen LogP contribution in [-0.4, -0.2) is 74.0 Å². The van der Waals surface area contributed by atoms with Crippen LogP contribution >= 0.6 is 0 Å². The highest BCUT2D eigenvalue weighted by Crippen LogP contribution is 2.28. The molecular formula is C23H30N10O3. The van der Waals surface area contributed by atoms with E-state index in [4.69, 9.17) is 30.6 Å². The van der Waals surface area contributed by atoms with E-state index >= 15 is 0 Å². The molecule has 0 saturated carbocycles. The van der Waals surface area contributed by atoms with E-state index in [1.807, 2.05) is 29.6 Å². The third-order valence-corrected chi connectivity index (χ3v) is 5.78. The van der Waals surface area contributed by atoms with Crippen LogP contribution in [0.5, 0.6) is 0 Å². The van der Waals surface area contributed by atoms with Crippen molar-refractivity contribution in [3.63, 3.8) is 0 Å². The average molecular weight is 495 g/mol. The molecule has 1 saturated heterocycles. The minimum absolute atomic E-state index is 0.151. The van der Waals surface area contributed by atoms with Gasteiger partial charge in [0.1, 0.15) is 5.82 Å². The van der Waals surface area contributed by atoms with Crippen LogP contribution in [0.25, 0.3) is 16.7 Å². The molecule has 3 aromatic heterocycles. The first-order valence-corrected chi connectivity index (χ1v) is 11.6. The van der Waals surface area contributed by atoms with E-state index in [9.17, 15) is 4.79 Å². The molecule has 0 aliphatic carbocycles. The van der Waals surface area contributed by atoms with Gasteiger partial charge in [-0.3, -0.25) is 10.0 Å². The summed E-state index contributed by atoms with van der Waals surface area (Å²) in [5, 5.41) is 8.78. The maximum Gasteiger partial charge on any atom is 0.277 e. The number of rotatable bonds is 8. The molecule has 1 aliphatic rings. The number of fused-ring (bicyclic) bond motifs is 1. The molecule has 36 heavy (non-hydrogen) atoms. The zero-order valence-corrected chi connectivity index (χ0v) is 20.5. The Morgan fingerprint density at radius 2 is 1.97 bits per heavy atom. The van der Waals surface area contributed by atoms with Crippen molar-refractivity contribution < 1.29 is 14.7 Å². The number of anilines is 2. The lowest BCUT2D eigenvalue weighted by molar-refractivity contribution is 0.0705. The number of hydroxylamine groups is 1. The molecular weight excluding hydrogens is 464 g/mol. The van der Waals surface area contributed by atoms with Crippen LogP contribution in [0.4, 0.5) is 11.8 Å². The van der Waals surface area contributed by atoms with E-state index in [1.54, 1.807) is 11.6 Å². The van der Waals surface area contributed by atoms with Gasteiger partial charge in [0.05, 0.1) is 25.3 Å². The number of allylic oxidation sites excluding steroid dienone is 3. The van der Waals surface area contributed by atoms with Crippen molar-refractivity contribution in [2.24, 2.45) is 12.8 Å². The van der Waals surface area contributed by atoms with Crippen molar-refractivity contribution in [2.45, 2.75) is 19.9 Å². The molecule has 3 aromatic rings. The number of aryl methyl sites for hydroxylation is 1. The number of hydrogen-bond acceptors (Lipinski definition) is 11. The van der Waals surface area contributed by atoms with Gasteiger partial charge in [0.2, 0.25) is 5.95 Å². The fourth-order valence-corrected chi connectivity index (χ4v) is 3.90. The van der Waals surface area contributed by atoms with Crippen LogP contribution in [-0.2, 0) is 18.3 Å². The Balaban J connectivity index is 1.73. The zero-order chi connectivity index (χ0) is 25.7. The summed E-state index contributed by atoms with van der Waals surface area (Å²) in [6, 6.07) is 0. The molecule has 1 fully saturated rings. The van der Waals surface area contributed by atoms with Gasteiger partial charge in [-0.1, -0.05) is 13.0 Å². The molecule has 0 atom stereocenters. The quantitative estimate of drug-likeness (QED) is 0.233. The summed E-state index contributed by atoms with van der Waals surface area (Å²) in [4.78, 5) is 38.6. The highest BCUT2D eigenvalue weighted by molar-refractivity contribution is 5.92. The van der Waals surface area contributed by atoms with Gasteiger partial charge in [-0.15, -0.1) is 0 Å². The van der Waals surface area contributed by atoms with E-state index in [-0.39, 0.29) is 5.56 Å². The molecule has 4 rings (SSSR count). The number of morpholine rings is 1. The summed E-state index contributed by atoms with van der Waals surface area (Å²) in [5.74, 6) is 1.80. The number of imidazole rings is 1. The Bertz CT molecular complexity index is 1280. The zero-order valence-electron chi connectivity index (χ0n) is 20.5. The highest BCUT2D eigenvalue weighted by atomic mass is 16.5. The van der Waals surface area contributed by atoms with Gasteiger partial charge in [-0.05, 0) is 18.7 Å². The number of nitrogens with one attached hydrogen (secondary N) is 1. The smallest absolute Gasteiger partial charge is 0.277 e. The van der Waals surface area contributed by atoms with Crippen LogP contribution in [0.2, 0.25) is 0 Å². The van der Waals surface area contributed by atoms with Crippen molar-refractivity contribution in [1.82, 2.24) is 35.0 Å². The number of nitrogens with zero attached hydrogens (tertiary/aromatic N) is 8. The number of nitrogens with two attached hydrogens (primary N) is 1. The average Bonchev–Trinajstić information content (AvgIpc) is 3.22. The van der Waals surface area contributed by atoms with Crippen molar-refractivity contribution in [3.05, 3.63) is 48.0 Å². The normalized spacial score (nSPS) is 14.6. The Labute approximate surface area is 208 Å². The Morgan fingerprint density at radius 1 is 1.25 bits per heavy atom. The Kier molecular flexibility index (Phi) is 7.71. The number of ether oxygens (including phenoxy) is 1. The number of hydrogen-bond donors (Lipinski definition) is 3. The van der Waals surface area contributed by atoms with Crippen molar-refractivity contribution in [1.29, 1.82) is 0 Å². The fourth-order valence-electron chi connectivity index (χ4n) is 3.90. The molecule has 1 aliphatic heterocycles. The van der Waals surface area contributed by atoms with Crippen LogP contribution in [0.15, 0.2) is 30.7 Å². The molecule has 0 spiro atoms. The van der Waals surface area contributed by atoms with Gasteiger partial charge in [0, 0.05) is 45.2 Å². The van der Waals surface area contributed by atoms with Gasteiger partial charge in [-0.2, -0.15) is 0 Å². The molecule has 1 amide bonds. The van der Waals surface area contributed by atoms with E-state index < -0.39 is 5.91 Å². The summed E-state index contributed by atoms with van der Waals surface area (Å²) in [6.07, 6.45) is 8.84. The van der Waals surface area contributed by atoms with Gasteiger partial charge in [0.15, 0.2) is 22.8 Å². The van der Waals surface area contributed by atoms with Crippen LogP contribution in [0.3, 0.4) is 0 Å². The molecule has 4 heterocycles. The first-order chi connectivity index (χ1) is 17.5. The molecule has 190 valence electrons. The second-order valence-corrected chi connectivity index (χ2v) is 8.23. The SMILES string of the molecule is CC/C=C(\C=C/N)c1nc(N2CCOCC2)c2nc(CN(C)c3ncc(C(=O)NO)cn3)n(C)c2n1. The number of carbonyl (C=O) groups is 1. The van der Waals surface area contributed by atoms with Crippen LogP contribution in [0, 0.1) is 0 Å². The van der Waals surface area contributed by atoms with Gasteiger partial charge >= 0.3 is 0 Å². The van der Waals surface area contributed by atoms with Crippen LogP contribution in [0.1, 0.15) is 35.4 Å². The minimum Gasteiger partial charge on any atom is -0.405 e. The lowest BCUT2D eigenvalue weighted by Gasteiger charge is -2.28. The molecule has 0 radical (unpaired) electrons. The maximum absolute atomic E-state index is 11.5. The number of aromatic nitrogens is 6. The first-order valence-electron chi connectivity index (χ1n) is 11.6. The Hall–Kier alpha value is -4.10. The first kappa shape index (κ1) is 25.0. The lowest BCUT2D eigenvalue weighted by atomic mass is 10.2. The molecule has 0 unspecified atom stereocenters. The third kappa shape index (κ3) is 5.11. The lowest BCUT2D eigenvalue weighted by Crippen LogP contribution is -2.37. The summed E-state index contributed by atoms with van der Waals surface area (Å²) < 4.78 is 7.47. The second kappa shape index (κ2) is 11.1. The standard InChI is InChI=1S/C23H30N10O3/c1-4-5-15(6-7-24)19-28-20-18(21(29-19)33-8-10-36-11-9-33)27-17(32(20)3)14-31(2)23-25-12-16(13-26-23)22(34)30-35/h5-7,12-13,35H,4,8-11,14,24H2,1-3H3,(H,30,34)/b7-6-,15-5+. The topological polar surface area (TPSA) is 160 Å². The Morgan fingerprint density at radius 3 is 2.61 bits per heavy atom. The van der Waals surface area contributed by atoms with Gasteiger partial charge < -0.3 is 24.8 Å². The summed E-state index contributed by atoms with van der Waals surface area (Å²) in [7, 11) is 3.74. The largest absolute Gasteiger partial charge is 0.405 e. The predicted molar refractivity (Wildman–Crippen MR) is 134 cm³/mol.